The number of benzene rings is 1. The topological polar surface area (TPSA) is 188 Å². The first kappa shape index (κ1) is 25.9. The van der Waals surface area contributed by atoms with Gasteiger partial charge in [-0.1, -0.05) is 30.3 Å². The van der Waals surface area contributed by atoms with Crippen LogP contribution in [0, 0.1) is 0 Å². The zero-order chi connectivity index (χ0) is 23.6. The van der Waals surface area contributed by atoms with Crippen LogP contribution in [-0.4, -0.2) is 69.8 Å². The van der Waals surface area contributed by atoms with E-state index in [0.717, 1.165) is 5.56 Å². The van der Waals surface area contributed by atoms with Gasteiger partial charge in [0.05, 0.1) is 12.5 Å². The molecule has 0 heterocycles. The van der Waals surface area contributed by atoms with Crippen molar-refractivity contribution in [1.82, 2.24) is 16.0 Å². The summed E-state index contributed by atoms with van der Waals surface area (Å²) >= 11 is 3.95. The van der Waals surface area contributed by atoms with Crippen molar-refractivity contribution in [2.45, 2.75) is 43.9 Å². The predicted molar refractivity (Wildman–Crippen MR) is 113 cm³/mol. The molecule has 0 spiro atoms. The van der Waals surface area contributed by atoms with E-state index >= 15 is 0 Å². The second kappa shape index (κ2) is 12.5. The lowest BCUT2D eigenvalue weighted by atomic mass is 10.1. The lowest BCUT2D eigenvalue weighted by molar-refractivity contribution is -0.142. The van der Waals surface area contributed by atoms with E-state index in [-0.39, 0.29) is 12.2 Å². The fourth-order valence-corrected chi connectivity index (χ4v) is 2.72. The minimum absolute atomic E-state index is 0.169. The van der Waals surface area contributed by atoms with E-state index in [1.807, 2.05) is 0 Å². The molecule has 0 aromatic heterocycles. The first-order chi connectivity index (χ1) is 14.5. The molecular formula is C19H26N4O7S. The Kier molecular flexibility index (Phi) is 10.5. The normalized spacial score (nSPS) is 14.4. The van der Waals surface area contributed by atoms with Crippen molar-refractivity contribution in [2.75, 3.05) is 5.75 Å². The van der Waals surface area contributed by atoms with Crippen LogP contribution in [0.25, 0.3) is 0 Å². The fraction of sp³-hybridized carbons (Fsp3) is 0.421. The predicted octanol–water partition coefficient (Wildman–Crippen LogP) is -1.48. The van der Waals surface area contributed by atoms with Crippen LogP contribution in [0.15, 0.2) is 30.3 Å². The first-order valence-corrected chi connectivity index (χ1v) is 9.94. The number of rotatable bonds is 12. The number of thiol groups is 1. The smallest absolute Gasteiger partial charge is 0.325 e. The van der Waals surface area contributed by atoms with E-state index < -0.39 is 60.2 Å². The highest BCUT2D eigenvalue weighted by Gasteiger charge is 2.30. The van der Waals surface area contributed by atoms with E-state index in [0.29, 0.717) is 0 Å². The van der Waals surface area contributed by atoms with E-state index in [2.05, 4.69) is 28.6 Å². The Hall–Kier alpha value is -3.12. The number of carbonyl (C=O) groups is 5. The maximum atomic E-state index is 12.5. The Labute approximate surface area is 184 Å². The maximum Gasteiger partial charge on any atom is 0.325 e. The van der Waals surface area contributed by atoms with Crippen LogP contribution in [0.1, 0.15) is 18.9 Å². The molecule has 4 unspecified atom stereocenters. The molecule has 170 valence electrons. The number of carbonyl (C=O) groups excluding carboxylic acids is 3. The molecule has 31 heavy (non-hydrogen) atoms. The summed E-state index contributed by atoms with van der Waals surface area (Å²) in [4.78, 5) is 59.1. The Bertz CT molecular complexity index is 806. The summed E-state index contributed by atoms with van der Waals surface area (Å²) in [5, 5.41) is 24.7. The SMILES string of the molecule is CC(NC(=O)C(CS)NC(=O)C(CC(=O)O)NC(=O)C(N)Cc1ccccc1)C(=O)O. The van der Waals surface area contributed by atoms with Crippen molar-refractivity contribution >= 4 is 42.3 Å². The van der Waals surface area contributed by atoms with Gasteiger partial charge >= 0.3 is 11.9 Å². The standard InChI is InChI=1S/C19H26N4O7S/c1-10(19(29)30)21-18(28)14(9-31)23-17(27)13(8-15(24)25)22-16(26)12(20)7-11-5-3-2-4-6-11/h2-6,10,12-14,31H,7-9,20H2,1H3,(H,21,28)(H,22,26)(H,23,27)(H,24,25)(H,29,30). The number of hydrogen-bond donors (Lipinski definition) is 7. The molecule has 0 radical (unpaired) electrons. The van der Waals surface area contributed by atoms with E-state index in [1.165, 1.54) is 6.92 Å². The summed E-state index contributed by atoms with van der Waals surface area (Å²) in [6, 6.07) is 3.88. The summed E-state index contributed by atoms with van der Waals surface area (Å²) in [6.45, 7) is 1.24. The average Bonchev–Trinajstić information content (AvgIpc) is 2.71. The summed E-state index contributed by atoms with van der Waals surface area (Å²) < 4.78 is 0. The molecule has 7 N–H and O–H groups in total. The van der Waals surface area contributed by atoms with Crippen molar-refractivity contribution in [3.05, 3.63) is 35.9 Å². The highest BCUT2D eigenvalue weighted by Crippen LogP contribution is 2.03. The van der Waals surface area contributed by atoms with E-state index in [1.54, 1.807) is 30.3 Å². The molecule has 0 aliphatic rings. The molecule has 0 fully saturated rings. The molecule has 1 aromatic carbocycles. The number of nitrogens with one attached hydrogen (secondary N) is 3. The van der Waals surface area contributed by atoms with Gasteiger partial charge in [0.2, 0.25) is 17.7 Å². The van der Waals surface area contributed by atoms with Gasteiger partial charge in [-0.2, -0.15) is 12.6 Å². The monoisotopic (exact) mass is 454 g/mol. The summed E-state index contributed by atoms with van der Waals surface area (Å²) in [6.07, 6.45) is -0.578. The third-order valence-electron chi connectivity index (χ3n) is 4.19. The lowest BCUT2D eigenvalue weighted by Crippen LogP contribution is -2.58. The van der Waals surface area contributed by atoms with Gasteiger partial charge in [0.1, 0.15) is 18.1 Å². The van der Waals surface area contributed by atoms with Crippen molar-refractivity contribution in [3.8, 4) is 0 Å². The number of carboxylic acids is 2. The number of hydrogen-bond acceptors (Lipinski definition) is 7. The highest BCUT2D eigenvalue weighted by molar-refractivity contribution is 7.80. The average molecular weight is 455 g/mol. The van der Waals surface area contributed by atoms with Gasteiger partial charge in [0.25, 0.3) is 0 Å². The van der Waals surface area contributed by atoms with Crippen LogP contribution in [0.5, 0.6) is 0 Å². The first-order valence-electron chi connectivity index (χ1n) is 9.31. The van der Waals surface area contributed by atoms with Gasteiger partial charge in [-0.3, -0.25) is 24.0 Å². The molecule has 1 aromatic rings. The van der Waals surface area contributed by atoms with Crippen LogP contribution < -0.4 is 21.7 Å². The zero-order valence-electron chi connectivity index (χ0n) is 16.8. The Morgan fingerprint density at radius 2 is 1.48 bits per heavy atom. The fourth-order valence-electron chi connectivity index (χ4n) is 2.47. The van der Waals surface area contributed by atoms with Crippen LogP contribution >= 0.6 is 12.6 Å². The van der Waals surface area contributed by atoms with Gasteiger partial charge in [0, 0.05) is 5.75 Å². The molecule has 4 atom stereocenters. The largest absolute Gasteiger partial charge is 0.481 e. The third-order valence-corrected chi connectivity index (χ3v) is 4.56. The van der Waals surface area contributed by atoms with Crippen molar-refractivity contribution in [3.63, 3.8) is 0 Å². The van der Waals surface area contributed by atoms with Crippen LogP contribution in [0.4, 0.5) is 0 Å². The zero-order valence-corrected chi connectivity index (χ0v) is 17.7. The molecule has 12 heteroatoms. The van der Waals surface area contributed by atoms with Crippen molar-refractivity contribution < 1.29 is 34.2 Å². The molecule has 11 nitrogen and oxygen atoms in total. The summed E-state index contributed by atoms with van der Waals surface area (Å²) in [7, 11) is 0. The highest BCUT2D eigenvalue weighted by atomic mass is 32.1. The number of nitrogens with two attached hydrogens (primary N) is 1. The second-order valence-corrected chi connectivity index (χ2v) is 7.13. The van der Waals surface area contributed by atoms with Gasteiger partial charge in [-0.25, -0.2) is 0 Å². The van der Waals surface area contributed by atoms with Gasteiger partial charge in [0.15, 0.2) is 0 Å². The van der Waals surface area contributed by atoms with Crippen LogP contribution in [0.3, 0.4) is 0 Å². The maximum absolute atomic E-state index is 12.5. The molecule has 3 amide bonds. The third kappa shape index (κ3) is 9.05. The minimum Gasteiger partial charge on any atom is -0.481 e. The van der Waals surface area contributed by atoms with Crippen molar-refractivity contribution in [1.29, 1.82) is 0 Å². The van der Waals surface area contributed by atoms with Gasteiger partial charge in [-0.05, 0) is 18.9 Å². The molecule has 0 bridgehead atoms. The Balaban J connectivity index is 2.80. The van der Waals surface area contributed by atoms with E-state index in [4.69, 9.17) is 15.9 Å². The lowest BCUT2D eigenvalue weighted by Gasteiger charge is -2.23. The second-order valence-electron chi connectivity index (χ2n) is 6.77. The molecule has 0 saturated carbocycles. The summed E-state index contributed by atoms with van der Waals surface area (Å²) in [5.41, 5.74) is 6.65. The minimum atomic E-state index is -1.50. The molecular weight excluding hydrogens is 428 g/mol. The van der Waals surface area contributed by atoms with Crippen LogP contribution in [-0.2, 0) is 30.4 Å². The molecule has 0 aliphatic heterocycles. The van der Waals surface area contributed by atoms with Crippen LogP contribution in [0.2, 0.25) is 0 Å². The van der Waals surface area contributed by atoms with Crippen molar-refractivity contribution in [2.24, 2.45) is 5.73 Å². The number of aliphatic carboxylic acids is 2. The quantitative estimate of drug-likeness (QED) is 0.186. The molecule has 0 saturated heterocycles. The van der Waals surface area contributed by atoms with E-state index in [9.17, 15) is 24.0 Å². The number of carboxylic acid groups (broad SMARTS) is 2. The Morgan fingerprint density at radius 1 is 0.935 bits per heavy atom. The number of amides is 3. The van der Waals surface area contributed by atoms with Gasteiger partial charge < -0.3 is 31.9 Å². The summed E-state index contributed by atoms with van der Waals surface area (Å²) in [5.74, 6) is -5.33. The Morgan fingerprint density at radius 3 is 2.00 bits per heavy atom. The molecule has 0 aliphatic carbocycles. The molecule has 1 rings (SSSR count). The van der Waals surface area contributed by atoms with Gasteiger partial charge in [-0.15, -0.1) is 0 Å².